The highest BCUT2D eigenvalue weighted by Crippen LogP contribution is 2.19. The van der Waals surface area contributed by atoms with Gasteiger partial charge in [-0.1, -0.05) is 0 Å². The third-order valence-corrected chi connectivity index (χ3v) is 4.33. The van der Waals surface area contributed by atoms with Crippen LogP contribution < -0.4 is 21.7 Å². The lowest BCUT2D eigenvalue weighted by atomic mass is 10.1. The molecule has 0 radical (unpaired) electrons. The van der Waals surface area contributed by atoms with Crippen molar-refractivity contribution in [3.8, 4) is 0 Å². The van der Waals surface area contributed by atoms with E-state index < -0.39 is 0 Å². The maximum atomic E-state index is 12.5. The van der Waals surface area contributed by atoms with Crippen molar-refractivity contribution >= 4 is 17.5 Å². The molecule has 0 saturated carbocycles. The first-order valence-electron chi connectivity index (χ1n) is 8.51. The van der Waals surface area contributed by atoms with Crippen LogP contribution in [0.25, 0.3) is 0 Å². The molecule has 2 aromatic heterocycles. The van der Waals surface area contributed by atoms with Crippen molar-refractivity contribution in [2.75, 3.05) is 23.7 Å². The summed E-state index contributed by atoms with van der Waals surface area (Å²) in [5.74, 6) is 0.679. The quantitative estimate of drug-likeness (QED) is 0.703. The molecule has 0 bridgehead atoms. The molecule has 1 atom stereocenters. The van der Waals surface area contributed by atoms with E-state index in [1.165, 1.54) is 0 Å². The lowest BCUT2D eigenvalue weighted by Crippen LogP contribution is -2.44. The molecule has 1 fully saturated rings. The number of nitrogens with zero attached hydrogens (tertiary/aromatic N) is 5. The molecule has 2 aromatic rings. The van der Waals surface area contributed by atoms with Crippen LogP contribution in [-0.4, -0.2) is 44.8 Å². The zero-order valence-electron chi connectivity index (χ0n) is 14.4. The molecule has 9 heteroatoms. The molecule has 1 amide bonds. The number of nitrogen functional groups attached to an aromatic ring is 1. The Morgan fingerprint density at radius 3 is 3.00 bits per heavy atom. The van der Waals surface area contributed by atoms with E-state index in [0.717, 1.165) is 25.9 Å². The number of hydrogen-bond donors (Lipinski definition) is 3. The summed E-state index contributed by atoms with van der Waals surface area (Å²) in [6.45, 7) is 4.40. The Hall–Kier alpha value is -2.68. The molecule has 1 unspecified atom stereocenters. The van der Waals surface area contributed by atoms with Crippen LogP contribution in [-0.2, 0) is 13.1 Å². The highest BCUT2D eigenvalue weighted by Gasteiger charge is 2.25. The number of rotatable bonds is 5. The van der Waals surface area contributed by atoms with E-state index >= 15 is 0 Å². The first kappa shape index (κ1) is 17.2. The number of nitrogens with one attached hydrogen (secondary N) is 1. The molecule has 9 nitrogen and oxygen atoms in total. The number of hydrogen-bond acceptors (Lipinski definition) is 7. The minimum atomic E-state index is -0.299. The van der Waals surface area contributed by atoms with Gasteiger partial charge in [0.05, 0.1) is 17.9 Å². The summed E-state index contributed by atoms with van der Waals surface area (Å²) in [6.07, 6.45) is 3.66. The van der Waals surface area contributed by atoms with Gasteiger partial charge in [-0.15, -0.1) is 10.2 Å². The average molecular weight is 344 g/mol. The molecule has 3 heterocycles. The second-order valence-corrected chi connectivity index (χ2v) is 6.14. The number of pyridine rings is 1. The van der Waals surface area contributed by atoms with E-state index in [4.69, 9.17) is 11.5 Å². The van der Waals surface area contributed by atoms with Gasteiger partial charge in [0, 0.05) is 31.9 Å². The number of nitrogens with two attached hydrogens (primary N) is 2. The number of carbonyl (C=O) groups excluding carboxylic acids is 1. The second kappa shape index (κ2) is 7.47. The zero-order chi connectivity index (χ0) is 17.8. The average Bonchev–Trinajstić information content (AvgIpc) is 3.05. The minimum Gasteiger partial charge on any atom is -0.397 e. The molecule has 1 aliphatic heterocycles. The van der Waals surface area contributed by atoms with Crippen LogP contribution in [0, 0.1) is 0 Å². The Labute approximate surface area is 146 Å². The Kier molecular flexibility index (Phi) is 5.13. The van der Waals surface area contributed by atoms with Gasteiger partial charge in [0.2, 0.25) is 11.8 Å². The summed E-state index contributed by atoms with van der Waals surface area (Å²) in [7, 11) is 0. The molecule has 1 saturated heterocycles. The standard InChI is InChI=1S/C16H24N8O/c1-2-24-14(15(25)20-9-13-12(18)6-3-7-19-13)21-22-16(24)23-8-4-5-11(17)10-23/h3,6-7,11H,2,4-5,8-10,17-18H2,1H3,(H,20,25). The normalized spacial score (nSPS) is 17.5. The summed E-state index contributed by atoms with van der Waals surface area (Å²) in [5.41, 5.74) is 13.1. The van der Waals surface area contributed by atoms with E-state index in [1.54, 1.807) is 18.3 Å². The molecular weight excluding hydrogens is 320 g/mol. The van der Waals surface area contributed by atoms with Crippen LogP contribution >= 0.6 is 0 Å². The van der Waals surface area contributed by atoms with Crippen LogP contribution in [0.15, 0.2) is 18.3 Å². The fourth-order valence-electron chi connectivity index (χ4n) is 3.02. The lowest BCUT2D eigenvalue weighted by molar-refractivity contribution is 0.0935. The maximum Gasteiger partial charge on any atom is 0.289 e. The van der Waals surface area contributed by atoms with Gasteiger partial charge in [0.15, 0.2) is 0 Å². The van der Waals surface area contributed by atoms with E-state index in [-0.39, 0.29) is 24.3 Å². The smallest absolute Gasteiger partial charge is 0.289 e. The highest BCUT2D eigenvalue weighted by molar-refractivity contribution is 5.91. The highest BCUT2D eigenvalue weighted by atomic mass is 16.2. The van der Waals surface area contributed by atoms with E-state index in [2.05, 4.69) is 25.4 Å². The summed E-state index contributed by atoms with van der Waals surface area (Å²) >= 11 is 0. The Morgan fingerprint density at radius 1 is 1.44 bits per heavy atom. The van der Waals surface area contributed by atoms with Crippen molar-refractivity contribution in [2.24, 2.45) is 5.73 Å². The number of carbonyl (C=O) groups is 1. The first-order valence-corrected chi connectivity index (χ1v) is 8.51. The maximum absolute atomic E-state index is 12.5. The van der Waals surface area contributed by atoms with Crippen LogP contribution in [0.4, 0.5) is 11.6 Å². The molecule has 134 valence electrons. The second-order valence-electron chi connectivity index (χ2n) is 6.14. The van der Waals surface area contributed by atoms with Crippen LogP contribution in [0.3, 0.4) is 0 Å². The molecule has 0 spiro atoms. The van der Waals surface area contributed by atoms with Gasteiger partial charge in [-0.2, -0.15) is 0 Å². The Morgan fingerprint density at radius 2 is 2.28 bits per heavy atom. The number of amides is 1. The Balaban J connectivity index is 1.73. The molecule has 0 aliphatic carbocycles. The van der Waals surface area contributed by atoms with Crippen LogP contribution in [0.1, 0.15) is 36.1 Å². The van der Waals surface area contributed by atoms with Crippen molar-refractivity contribution in [2.45, 2.75) is 38.9 Å². The van der Waals surface area contributed by atoms with Gasteiger partial charge in [0.25, 0.3) is 5.91 Å². The van der Waals surface area contributed by atoms with Crippen molar-refractivity contribution in [3.05, 3.63) is 29.8 Å². The fraction of sp³-hybridized carbons (Fsp3) is 0.500. The van der Waals surface area contributed by atoms with Crippen LogP contribution in [0.5, 0.6) is 0 Å². The summed E-state index contributed by atoms with van der Waals surface area (Å²) in [6, 6.07) is 3.63. The third kappa shape index (κ3) is 3.71. The molecule has 5 N–H and O–H groups in total. The molecule has 25 heavy (non-hydrogen) atoms. The number of piperidine rings is 1. The predicted octanol–water partition coefficient (Wildman–Crippen LogP) is 0.133. The zero-order valence-corrected chi connectivity index (χ0v) is 14.4. The first-order chi connectivity index (χ1) is 12.1. The molecular formula is C16H24N8O. The lowest BCUT2D eigenvalue weighted by Gasteiger charge is -2.31. The van der Waals surface area contributed by atoms with E-state index in [1.807, 2.05) is 11.5 Å². The van der Waals surface area contributed by atoms with Gasteiger partial charge in [-0.25, -0.2) is 0 Å². The van der Waals surface area contributed by atoms with Gasteiger partial charge in [-0.05, 0) is 31.9 Å². The number of anilines is 2. The summed E-state index contributed by atoms with van der Waals surface area (Å²) in [4.78, 5) is 18.8. The SMILES string of the molecule is CCn1c(C(=O)NCc2ncccc2N)nnc1N1CCCC(N)C1. The fourth-order valence-corrected chi connectivity index (χ4v) is 3.02. The van der Waals surface area contributed by atoms with E-state index in [0.29, 0.717) is 23.9 Å². The van der Waals surface area contributed by atoms with Crippen molar-refractivity contribution < 1.29 is 4.79 Å². The van der Waals surface area contributed by atoms with Gasteiger partial charge >= 0.3 is 0 Å². The molecule has 3 rings (SSSR count). The van der Waals surface area contributed by atoms with Crippen LogP contribution in [0.2, 0.25) is 0 Å². The predicted molar refractivity (Wildman–Crippen MR) is 94.9 cm³/mol. The van der Waals surface area contributed by atoms with Crippen molar-refractivity contribution in [1.29, 1.82) is 0 Å². The summed E-state index contributed by atoms with van der Waals surface area (Å²) in [5, 5.41) is 11.1. The largest absolute Gasteiger partial charge is 0.397 e. The van der Waals surface area contributed by atoms with Gasteiger partial charge in [0.1, 0.15) is 0 Å². The van der Waals surface area contributed by atoms with Crippen molar-refractivity contribution in [3.63, 3.8) is 0 Å². The van der Waals surface area contributed by atoms with Gasteiger partial charge < -0.3 is 21.7 Å². The number of aromatic nitrogens is 4. The molecule has 0 aromatic carbocycles. The van der Waals surface area contributed by atoms with Gasteiger partial charge in [-0.3, -0.25) is 14.3 Å². The van der Waals surface area contributed by atoms with Crippen molar-refractivity contribution in [1.82, 2.24) is 25.1 Å². The minimum absolute atomic E-state index is 0.125. The third-order valence-electron chi connectivity index (χ3n) is 4.33. The topological polar surface area (TPSA) is 128 Å². The van der Waals surface area contributed by atoms with E-state index in [9.17, 15) is 4.79 Å². The molecule has 1 aliphatic rings. The monoisotopic (exact) mass is 344 g/mol. The Bertz CT molecular complexity index is 743. The summed E-state index contributed by atoms with van der Waals surface area (Å²) < 4.78 is 1.81.